The number of carbonyl (C=O) groups excluding carboxylic acids is 1. The van der Waals surface area contributed by atoms with Crippen LogP contribution in [0.3, 0.4) is 0 Å². The van der Waals surface area contributed by atoms with Gasteiger partial charge in [0.1, 0.15) is 0 Å². The molecular weight excluding hydrogens is 210 g/mol. The van der Waals surface area contributed by atoms with Crippen LogP contribution in [0.15, 0.2) is 49.6 Å². The fourth-order valence-corrected chi connectivity index (χ4v) is 2.27. The Hall–Kier alpha value is -1.83. The van der Waals surface area contributed by atoms with E-state index in [9.17, 15) is 4.79 Å². The minimum absolute atomic E-state index is 0.109. The smallest absolute Gasteiger partial charge is 0.227 e. The van der Waals surface area contributed by atoms with Gasteiger partial charge in [-0.3, -0.25) is 4.79 Å². The summed E-state index contributed by atoms with van der Waals surface area (Å²) < 4.78 is 0. The average Bonchev–Trinajstić information content (AvgIpc) is 2.37. The fourth-order valence-electron chi connectivity index (χ4n) is 2.27. The van der Waals surface area contributed by atoms with Crippen molar-refractivity contribution in [2.45, 2.75) is 25.4 Å². The minimum atomic E-state index is 0.109. The molecule has 88 valence electrons. The Kier molecular flexibility index (Phi) is 3.43. The predicted octanol–water partition coefficient (Wildman–Crippen LogP) is 2.70. The normalized spacial score (nSPS) is 18.4. The molecule has 0 saturated heterocycles. The molecule has 0 aliphatic carbocycles. The first kappa shape index (κ1) is 11.6. The first-order valence-electron chi connectivity index (χ1n) is 5.86. The van der Waals surface area contributed by atoms with Crippen LogP contribution in [0.4, 0.5) is 0 Å². The van der Waals surface area contributed by atoms with Gasteiger partial charge >= 0.3 is 0 Å². The van der Waals surface area contributed by atoms with Crippen LogP contribution in [-0.2, 0) is 17.8 Å². The van der Waals surface area contributed by atoms with Crippen LogP contribution in [-0.4, -0.2) is 16.8 Å². The number of benzene rings is 1. The second kappa shape index (κ2) is 5.00. The molecule has 0 spiro atoms. The van der Waals surface area contributed by atoms with Gasteiger partial charge < -0.3 is 4.90 Å². The Morgan fingerprint density at radius 3 is 2.71 bits per heavy atom. The highest BCUT2D eigenvalue weighted by Crippen LogP contribution is 2.24. The van der Waals surface area contributed by atoms with Crippen molar-refractivity contribution in [2.75, 3.05) is 0 Å². The second-order valence-corrected chi connectivity index (χ2v) is 4.29. The summed E-state index contributed by atoms with van der Waals surface area (Å²) in [6, 6.07) is 8.38. The van der Waals surface area contributed by atoms with E-state index in [1.54, 1.807) is 6.08 Å². The van der Waals surface area contributed by atoms with E-state index in [-0.39, 0.29) is 11.9 Å². The Labute approximate surface area is 102 Å². The number of hydrogen-bond acceptors (Lipinski definition) is 1. The molecule has 0 fully saturated rings. The Balaban J connectivity index is 2.26. The Morgan fingerprint density at radius 2 is 2.06 bits per heavy atom. The molecule has 1 heterocycles. The van der Waals surface area contributed by atoms with E-state index in [1.807, 2.05) is 23.1 Å². The van der Waals surface area contributed by atoms with Crippen LogP contribution in [0.2, 0.25) is 0 Å². The SMILES string of the molecule is C=CCC(=O)N1Cc2ccccc2C[C@H]1C=C. The zero-order chi connectivity index (χ0) is 12.3. The third kappa shape index (κ3) is 2.31. The van der Waals surface area contributed by atoms with Gasteiger partial charge in [-0.05, 0) is 17.5 Å². The molecule has 0 unspecified atom stereocenters. The van der Waals surface area contributed by atoms with Crippen LogP contribution in [0, 0.1) is 0 Å². The number of carbonyl (C=O) groups is 1. The summed E-state index contributed by atoms with van der Waals surface area (Å²) in [6.45, 7) is 8.13. The van der Waals surface area contributed by atoms with Gasteiger partial charge in [0, 0.05) is 13.0 Å². The van der Waals surface area contributed by atoms with Crippen molar-refractivity contribution in [3.63, 3.8) is 0 Å². The van der Waals surface area contributed by atoms with E-state index >= 15 is 0 Å². The third-order valence-corrected chi connectivity index (χ3v) is 3.20. The molecule has 0 aromatic heterocycles. The number of amides is 1. The molecule has 1 aliphatic heterocycles. The van der Waals surface area contributed by atoms with Gasteiger partial charge in [-0.1, -0.05) is 36.4 Å². The Bertz CT molecular complexity index is 450. The predicted molar refractivity (Wildman–Crippen MR) is 69.5 cm³/mol. The van der Waals surface area contributed by atoms with Crippen molar-refractivity contribution < 1.29 is 4.79 Å². The highest BCUT2D eigenvalue weighted by molar-refractivity contribution is 5.78. The standard InChI is InChI=1S/C15H17NO/c1-3-7-15(17)16-11-13-9-6-5-8-12(13)10-14(16)4-2/h3-6,8-9,14H,1-2,7,10-11H2/t14-/m1/s1. The monoisotopic (exact) mass is 227 g/mol. The van der Waals surface area contributed by atoms with Crippen molar-refractivity contribution in [2.24, 2.45) is 0 Å². The topological polar surface area (TPSA) is 20.3 Å². The lowest BCUT2D eigenvalue weighted by Gasteiger charge is -2.35. The lowest BCUT2D eigenvalue weighted by atomic mass is 9.94. The number of hydrogen-bond donors (Lipinski definition) is 0. The van der Waals surface area contributed by atoms with Crippen molar-refractivity contribution in [1.82, 2.24) is 4.90 Å². The summed E-state index contributed by atoms with van der Waals surface area (Å²) in [5, 5.41) is 0. The van der Waals surface area contributed by atoms with Crippen LogP contribution in [0.1, 0.15) is 17.5 Å². The molecule has 0 bridgehead atoms. The maximum atomic E-state index is 12.0. The molecule has 1 amide bonds. The van der Waals surface area contributed by atoms with Crippen LogP contribution in [0.5, 0.6) is 0 Å². The lowest BCUT2D eigenvalue weighted by Crippen LogP contribution is -2.42. The van der Waals surface area contributed by atoms with Gasteiger partial charge in [0.2, 0.25) is 5.91 Å². The van der Waals surface area contributed by atoms with Crippen molar-refractivity contribution in [3.05, 3.63) is 60.7 Å². The minimum Gasteiger partial charge on any atom is -0.331 e. The summed E-state index contributed by atoms with van der Waals surface area (Å²) in [5.74, 6) is 0.124. The molecule has 1 aromatic rings. The summed E-state index contributed by atoms with van der Waals surface area (Å²) in [5.41, 5.74) is 2.56. The maximum Gasteiger partial charge on any atom is 0.227 e. The van der Waals surface area contributed by atoms with E-state index in [4.69, 9.17) is 0 Å². The van der Waals surface area contributed by atoms with Gasteiger partial charge in [0.25, 0.3) is 0 Å². The molecule has 0 saturated carbocycles. The first-order chi connectivity index (χ1) is 8.26. The van der Waals surface area contributed by atoms with Crippen molar-refractivity contribution in [3.8, 4) is 0 Å². The van der Waals surface area contributed by atoms with Gasteiger partial charge in [0.15, 0.2) is 0 Å². The summed E-state index contributed by atoms with van der Waals surface area (Å²) in [7, 11) is 0. The maximum absolute atomic E-state index is 12.0. The van der Waals surface area contributed by atoms with Crippen LogP contribution < -0.4 is 0 Å². The summed E-state index contributed by atoms with van der Waals surface area (Å²) in [4.78, 5) is 13.9. The molecule has 0 N–H and O–H groups in total. The second-order valence-electron chi connectivity index (χ2n) is 4.29. The van der Waals surface area contributed by atoms with Crippen LogP contribution >= 0.6 is 0 Å². The molecule has 2 nitrogen and oxygen atoms in total. The average molecular weight is 227 g/mol. The molecule has 1 aliphatic rings. The number of nitrogens with zero attached hydrogens (tertiary/aromatic N) is 1. The van der Waals surface area contributed by atoms with Crippen molar-refractivity contribution >= 4 is 5.91 Å². The first-order valence-corrected chi connectivity index (χ1v) is 5.86. The molecule has 1 aromatic carbocycles. The van der Waals surface area contributed by atoms with Gasteiger partial charge in [0.05, 0.1) is 6.04 Å². The molecule has 2 heteroatoms. The lowest BCUT2D eigenvalue weighted by molar-refractivity contribution is -0.132. The van der Waals surface area contributed by atoms with E-state index in [0.29, 0.717) is 13.0 Å². The molecule has 1 atom stereocenters. The van der Waals surface area contributed by atoms with Gasteiger partial charge in [-0.15, -0.1) is 13.2 Å². The molecular formula is C15H17NO. The fraction of sp³-hybridized carbons (Fsp3) is 0.267. The van der Waals surface area contributed by atoms with Crippen LogP contribution in [0.25, 0.3) is 0 Å². The van der Waals surface area contributed by atoms with E-state index in [2.05, 4.69) is 25.3 Å². The number of fused-ring (bicyclic) bond motifs is 1. The van der Waals surface area contributed by atoms with Gasteiger partial charge in [-0.2, -0.15) is 0 Å². The quantitative estimate of drug-likeness (QED) is 0.727. The zero-order valence-electron chi connectivity index (χ0n) is 9.93. The van der Waals surface area contributed by atoms with Crippen molar-refractivity contribution in [1.29, 1.82) is 0 Å². The number of rotatable bonds is 3. The molecule has 0 radical (unpaired) electrons. The van der Waals surface area contributed by atoms with E-state index in [0.717, 1.165) is 6.42 Å². The summed E-state index contributed by atoms with van der Waals surface area (Å²) >= 11 is 0. The molecule has 2 rings (SSSR count). The van der Waals surface area contributed by atoms with E-state index in [1.165, 1.54) is 11.1 Å². The van der Waals surface area contributed by atoms with Gasteiger partial charge in [-0.25, -0.2) is 0 Å². The largest absolute Gasteiger partial charge is 0.331 e. The summed E-state index contributed by atoms with van der Waals surface area (Å²) in [6.07, 6.45) is 4.77. The molecule has 17 heavy (non-hydrogen) atoms. The van der Waals surface area contributed by atoms with E-state index < -0.39 is 0 Å². The zero-order valence-corrected chi connectivity index (χ0v) is 9.93. The highest BCUT2D eigenvalue weighted by Gasteiger charge is 2.26. The third-order valence-electron chi connectivity index (χ3n) is 3.20. The Morgan fingerprint density at radius 1 is 1.35 bits per heavy atom. The highest BCUT2D eigenvalue weighted by atomic mass is 16.2.